The zero-order valence-corrected chi connectivity index (χ0v) is 15.6. The number of nitrogens with one attached hydrogen (secondary N) is 1. The number of anilines is 2. The third kappa shape index (κ3) is 5.97. The molecule has 1 amide bonds. The van der Waals surface area contributed by atoms with E-state index in [0.29, 0.717) is 24.1 Å². The smallest absolute Gasteiger partial charge is 0.253 e. The number of pyridine rings is 1. The predicted octanol–water partition coefficient (Wildman–Crippen LogP) is 2.68. The van der Waals surface area contributed by atoms with Crippen molar-refractivity contribution in [3.8, 4) is 0 Å². The first-order valence-electron chi connectivity index (χ1n) is 9.24. The number of aliphatic hydroxyl groups excluding tert-OH is 1. The first-order chi connectivity index (χ1) is 12.0. The molecule has 1 aliphatic heterocycles. The van der Waals surface area contributed by atoms with Crippen LogP contribution in [0.25, 0.3) is 0 Å². The van der Waals surface area contributed by atoms with Crippen molar-refractivity contribution in [1.82, 2.24) is 4.98 Å². The number of hydrogen-bond acceptors (Lipinski definition) is 5. The minimum absolute atomic E-state index is 0.150. The van der Waals surface area contributed by atoms with Crippen molar-refractivity contribution in [2.75, 3.05) is 36.5 Å². The highest BCUT2D eigenvalue weighted by molar-refractivity contribution is 5.96. The van der Waals surface area contributed by atoms with Crippen LogP contribution >= 0.6 is 0 Å². The van der Waals surface area contributed by atoms with Gasteiger partial charge in [0, 0.05) is 32.5 Å². The molecule has 0 radical (unpaired) electrons. The van der Waals surface area contributed by atoms with Gasteiger partial charge in [-0.15, -0.1) is 0 Å². The Balaban J connectivity index is 1.94. The highest BCUT2D eigenvalue weighted by Crippen LogP contribution is 2.27. The SMILES string of the molecule is CC(C)CCO[C@@H](C)C(=O)Nc1cccnc1N1CCC(CO)CC1. The summed E-state index contributed by atoms with van der Waals surface area (Å²) >= 11 is 0. The summed E-state index contributed by atoms with van der Waals surface area (Å²) < 4.78 is 5.63. The van der Waals surface area contributed by atoms with Crippen LogP contribution in [-0.2, 0) is 9.53 Å². The third-order valence-electron chi connectivity index (χ3n) is 4.65. The Kier molecular flexibility index (Phi) is 7.65. The Bertz CT molecular complexity index is 542. The van der Waals surface area contributed by atoms with Crippen molar-refractivity contribution in [3.63, 3.8) is 0 Å². The predicted molar refractivity (Wildman–Crippen MR) is 99.8 cm³/mol. The molecule has 2 rings (SSSR count). The van der Waals surface area contributed by atoms with Crippen LogP contribution in [0.5, 0.6) is 0 Å². The molecule has 0 bridgehead atoms. The molecule has 0 aromatic carbocycles. The van der Waals surface area contributed by atoms with E-state index in [0.717, 1.165) is 38.2 Å². The molecule has 1 aromatic heterocycles. The van der Waals surface area contributed by atoms with Crippen LogP contribution in [0.1, 0.15) is 40.0 Å². The molecule has 6 nitrogen and oxygen atoms in total. The van der Waals surface area contributed by atoms with Gasteiger partial charge in [-0.05, 0) is 50.2 Å². The van der Waals surface area contributed by atoms with Gasteiger partial charge in [0.15, 0.2) is 5.82 Å². The summed E-state index contributed by atoms with van der Waals surface area (Å²) in [6.07, 6.45) is 4.07. The summed E-state index contributed by atoms with van der Waals surface area (Å²) in [6, 6.07) is 3.70. The fourth-order valence-electron chi connectivity index (χ4n) is 2.86. The zero-order valence-electron chi connectivity index (χ0n) is 15.6. The Morgan fingerprint density at radius 3 is 2.76 bits per heavy atom. The summed E-state index contributed by atoms with van der Waals surface area (Å²) in [7, 11) is 0. The van der Waals surface area contributed by atoms with Crippen LogP contribution in [0.3, 0.4) is 0 Å². The average Bonchev–Trinajstić information content (AvgIpc) is 2.62. The molecule has 1 aromatic rings. The second-order valence-corrected chi connectivity index (χ2v) is 7.17. The van der Waals surface area contributed by atoms with E-state index in [2.05, 4.69) is 29.0 Å². The molecule has 2 heterocycles. The molecule has 25 heavy (non-hydrogen) atoms. The molecule has 1 fully saturated rings. The van der Waals surface area contributed by atoms with Crippen molar-refractivity contribution in [1.29, 1.82) is 0 Å². The number of ether oxygens (including phenoxy) is 1. The van der Waals surface area contributed by atoms with Gasteiger partial charge in [-0.1, -0.05) is 13.8 Å². The normalized spacial score (nSPS) is 16.9. The van der Waals surface area contributed by atoms with Gasteiger partial charge in [0.25, 0.3) is 5.91 Å². The topological polar surface area (TPSA) is 74.7 Å². The van der Waals surface area contributed by atoms with Gasteiger partial charge in [0.2, 0.25) is 0 Å². The Morgan fingerprint density at radius 2 is 2.12 bits per heavy atom. The Labute approximate surface area is 150 Å². The summed E-state index contributed by atoms with van der Waals surface area (Å²) in [5.74, 6) is 1.57. The van der Waals surface area contributed by atoms with Crippen LogP contribution in [0.4, 0.5) is 11.5 Å². The summed E-state index contributed by atoms with van der Waals surface area (Å²) in [5.41, 5.74) is 0.717. The number of rotatable bonds is 8. The first kappa shape index (κ1) is 19.7. The van der Waals surface area contributed by atoms with Crippen molar-refractivity contribution in [2.45, 2.75) is 46.1 Å². The summed E-state index contributed by atoms with van der Waals surface area (Å²) in [4.78, 5) is 19.0. The highest BCUT2D eigenvalue weighted by atomic mass is 16.5. The lowest BCUT2D eigenvalue weighted by Gasteiger charge is -2.33. The van der Waals surface area contributed by atoms with Gasteiger partial charge < -0.3 is 20.1 Å². The van der Waals surface area contributed by atoms with Crippen LogP contribution in [0, 0.1) is 11.8 Å². The van der Waals surface area contributed by atoms with E-state index in [4.69, 9.17) is 4.74 Å². The molecule has 0 saturated carbocycles. The maximum absolute atomic E-state index is 12.4. The second-order valence-electron chi connectivity index (χ2n) is 7.17. The number of aliphatic hydroxyl groups is 1. The molecular formula is C19H31N3O3. The van der Waals surface area contributed by atoms with Gasteiger partial charge in [0.1, 0.15) is 6.10 Å². The zero-order chi connectivity index (χ0) is 18.2. The summed E-state index contributed by atoms with van der Waals surface area (Å²) in [6.45, 7) is 8.55. The van der Waals surface area contributed by atoms with E-state index in [1.807, 2.05) is 12.1 Å². The van der Waals surface area contributed by atoms with Crippen molar-refractivity contribution < 1.29 is 14.6 Å². The lowest BCUT2D eigenvalue weighted by molar-refractivity contribution is -0.126. The van der Waals surface area contributed by atoms with Crippen LogP contribution in [0.2, 0.25) is 0 Å². The number of amides is 1. The molecule has 140 valence electrons. The maximum Gasteiger partial charge on any atom is 0.253 e. The fourth-order valence-corrected chi connectivity index (χ4v) is 2.86. The van der Waals surface area contributed by atoms with Gasteiger partial charge >= 0.3 is 0 Å². The molecule has 2 N–H and O–H groups in total. The standard InChI is InChI=1S/C19H31N3O3/c1-14(2)8-12-25-15(3)19(24)21-17-5-4-9-20-18(17)22-10-6-16(13-23)7-11-22/h4-5,9,14-16,23H,6-8,10-13H2,1-3H3,(H,21,24)/t15-/m0/s1. The van der Waals surface area contributed by atoms with E-state index in [9.17, 15) is 9.90 Å². The van der Waals surface area contributed by atoms with Crippen LogP contribution in [-0.4, -0.2) is 48.4 Å². The van der Waals surface area contributed by atoms with Gasteiger partial charge in [-0.3, -0.25) is 4.79 Å². The molecule has 1 saturated heterocycles. The number of nitrogens with zero attached hydrogens (tertiary/aromatic N) is 2. The maximum atomic E-state index is 12.4. The number of carbonyl (C=O) groups is 1. The highest BCUT2D eigenvalue weighted by Gasteiger charge is 2.23. The summed E-state index contributed by atoms with van der Waals surface area (Å²) in [5, 5.41) is 12.2. The van der Waals surface area contributed by atoms with Crippen LogP contribution < -0.4 is 10.2 Å². The van der Waals surface area contributed by atoms with Gasteiger partial charge in [0.05, 0.1) is 5.69 Å². The molecule has 0 aliphatic carbocycles. The number of hydrogen-bond donors (Lipinski definition) is 2. The fraction of sp³-hybridized carbons (Fsp3) is 0.684. The molecule has 1 aliphatic rings. The first-order valence-corrected chi connectivity index (χ1v) is 9.24. The molecule has 6 heteroatoms. The number of carbonyl (C=O) groups excluding carboxylic acids is 1. The van der Waals surface area contributed by atoms with E-state index in [1.165, 1.54) is 0 Å². The monoisotopic (exact) mass is 349 g/mol. The van der Waals surface area contributed by atoms with E-state index in [-0.39, 0.29) is 12.5 Å². The second kappa shape index (κ2) is 9.73. The molecular weight excluding hydrogens is 318 g/mol. The molecule has 1 atom stereocenters. The van der Waals surface area contributed by atoms with E-state index < -0.39 is 6.10 Å². The minimum Gasteiger partial charge on any atom is -0.396 e. The van der Waals surface area contributed by atoms with Crippen molar-refractivity contribution >= 4 is 17.4 Å². The average molecular weight is 349 g/mol. The van der Waals surface area contributed by atoms with Crippen molar-refractivity contribution in [3.05, 3.63) is 18.3 Å². The molecule has 0 unspecified atom stereocenters. The molecule has 0 spiro atoms. The van der Waals surface area contributed by atoms with Crippen LogP contribution in [0.15, 0.2) is 18.3 Å². The lowest BCUT2D eigenvalue weighted by Crippen LogP contribution is -2.36. The van der Waals surface area contributed by atoms with Crippen molar-refractivity contribution in [2.24, 2.45) is 11.8 Å². The minimum atomic E-state index is -0.494. The Morgan fingerprint density at radius 1 is 1.40 bits per heavy atom. The largest absolute Gasteiger partial charge is 0.396 e. The van der Waals surface area contributed by atoms with Gasteiger partial charge in [-0.25, -0.2) is 4.98 Å². The van der Waals surface area contributed by atoms with E-state index in [1.54, 1.807) is 13.1 Å². The number of piperidine rings is 1. The number of aromatic nitrogens is 1. The lowest BCUT2D eigenvalue weighted by atomic mass is 9.98. The quantitative estimate of drug-likeness (QED) is 0.755. The van der Waals surface area contributed by atoms with Gasteiger partial charge in [-0.2, -0.15) is 0 Å². The third-order valence-corrected chi connectivity index (χ3v) is 4.65. The Hall–Kier alpha value is -1.66. The van der Waals surface area contributed by atoms with E-state index >= 15 is 0 Å².